The van der Waals surface area contributed by atoms with Gasteiger partial charge in [-0.3, -0.25) is 9.59 Å². The molecule has 1 atom stereocenters. The van der Waals surface area contributed by atoms with Crippen LogP contribution >= 0.6 is 12.2 Å². The molecule has 5 nitrogen and oxygen atoms in total. The van der Waals surface area contributed by atoms with Gasteiger partial charge in [-0.25, -0.2) is 0 Å². The van der Waals surface area contributed by atoms with Crippen molar-refractivity contribution in [1.29, 1.82) is 0 Å². The Morgan fingerprint density at radius 2 is 1.68 bits per heavy atom. The van der Waals surface area contributed by atoms with Gasteiger partial charge >= 0.3 is 0 Å². The molecule has 148 valence electrons. The van der Waals surface area contributed by atoms with Gasteiger partial charge < -0.3 is 16.0 Å². The van der Waals surface area contributed by atoms with E-state index in [1.165, 1.54) is 0 Å². The molecule has 0 aliphatic carbocycles. The van der Waals surface area contributed by atoms with Crippen molar-refractivity contribution in [3.8, 4) is 0 Å². The molecule has 0 spiro atoms. The van der Waals surface area contributed by atoms with E-state index in [1.807, 2.05) is 43.3 Å². The molecule has 2 aromatic carbocycles. The lowest BCUT2D eigenvalue weighted by molar-refractivity contribution is -0.119. The van der Waals surface area contributed by atoms with E-state index in [2.05, 4.69) is 22.9 Å². The van der Waals surface area contributed by atoms with Gasteiger partial charge in [-0.1, -0.05) is 62.2 Å². The lowest BCUT2D eigenvalue weighted by Gasteiger charge is -2.17. The van der Waals surface area contributed by atoms with Crippen LogP contribution in [0.15, 0.2) is 54.6 Å². The summed E-state index contributed by atoms with van der Waals surface area (Å²) in [6, 6.07) is 16.7. The van der Waals surface area contributed by atoms with Gasteiger partial charge in [0.05, 0.1) is 17.3 Å². The molecule has 0 aliphatic rings. The Kier molecular flexibility index (Phi) is 8.62. The quantitative estimate of drug-likeness (QED) is 0.451. The molecule has 0 saturated heterocycles. The second-order valence-corrected chi connectivity index (χ2v) is 7.02. The van der Waals surface area contributed by atoms with E-state index in [-0.39, 0.29) is 23.0 Å². The lowest BCUT2D eigenvalue weighted by atomic mass is 10.1. The van der Waals surface area contributed by atoms with E-state index >= 15 is 0 Å². The summed E-state index contributed by atoms with van der Waals surface area (Å²) in [5.74, 6) is -0.331. The molecule has 0 fully saturated rings. The van der Waals surface area contributed by atoms with E-state index in [1.54, 1.807) is 18.2 Å². The van der Waals surface area contributed by atoms with Crippen LogP contribution in [0.4, 0.5) is 5.69 Å². The van der Waals surface area contributed by atoms with E-state index in [0.717, 1.165) is 24.8 Å². The first-order valence-corrected chi connectivity index (χ1v) is 9.97. The van der Waals surface area contributed by atoms with Crippen LogP contribution in [0.2, 0.25) is 0 Å². The summed E-state index contributed by atoms with van der Waals surface area (Å²) in [4.78, 5) is 24.7. The molecule has 0 aliphatic heterocycles. The van der Waals surface area contributed by atoms with Gasteiger partial charge in [-0.05, 0) is 43.3 Å². The predicted molar refractivity (Wildman–Crippen MR) is 117 cm³/mol. The van der Waals surface area contributed by atoms with Crippen molar-refractivity contribution >= 4 is 34.8 Å². The summed E-state index contributed by atoms with van der Waals surface area (Å²) in [5.41, 5.74) is 2.04. The summed E-state index contributed by atoms with van der Waals surface area (Å²) in [6.07, 6.45) is 3.34. The molecule has 0 heterocycles. The Morgan fingerprint density at radius 1 is 1.00 bits per heavy atom. The third-order valence-corrected chi connectivity index (χ3v) is 4.53. The number of carbonyl (C=O) groups is 2. The van der Waals surface area contributed by atoms with Gasteiger partial charge in [0, 0.05) is 6.42 Å². The Morgan fingerprint density at radius 3 is 2.39 bits per heavy atom. The number of para-hydroxylation sites is 1. The van der Waals surface area contributed by atoms with Crippen LogP contribution < -0.4 is 16.0 Å². The molecule has 0 bridgehead atoms. The summed E-state index contributed by atoms with van der Waals surface area (Å²) in [5, 5.41) is 8.82. The van der Waals surface area contributed by atoms with Gasteiger partial charge in [0.1, 0.15) is 0 Å². The molecular formula is C22H27N3O2S. The first-order valence-electron chi connectivity index (χ1n) is 9.57. The van der Waals surface area contributed by atoms with Crippen molar-refractivity contribution in [3.63, 3.8) is 0 Å². The van der Waals surface area contributed by atoms with Crippen LogP contribution in [0.5, 0.6) is 0 Å². The average Bonchev–Trinajstić information content (AvgIpc) is 2.69. The zero-order valence-corrected chi connectivity index (χ0v) is 17.1. The number of benzene rings is 2. The maximum Gasteiger partial charge on any atom is 0.253 e. The van der Waals surface area contributed by atoms with Crippen molar-refractivity contribution < 1.29 is 9.59 Å². The van der Waals surface area contributed by atoms with Crippen LogP contribution in [-0.4, -0.2) is 16.9 Å². The summed E-state index contributed by atoms with van der Waals surface area (Å²) in [7, 11) is 0. The van der Waals surface area contributed by atoms with Crippen molar-refractivity contribution in [2.75, 3.05) is 5.32 Å². The summed E-state index contributed by atoms with van der Waals surface area (Å²) in [6.45, 7) is 4.02. The minimum Gasteiger partial charge on any atom is -0.345 e. The van der Waals surface area contributed by atoms with Crippen molar-refractivity contribution in [2.45, 2.75) is 45.6 Å². The van der Waals surface area contributed by atoms with E-state index in [0.29, 0.717) is 17.7 Å². The number of nitrogens with one attached hydrogen (secondary N) is 3. The summed E-state index contributed by atoms with van der Waals surface area (Å²) < 4.78 is 0. The van der Waals surface area contributed by atoms with E-state index in [4.69, 9.17) is 12.2 Å². The summed E-state index contributed by atoms with van der Waals surface area (Å²) >= 11 is 5.23. The van der Waals surface area contributed by atoms with Crippen LogP contribution in [0.1, 0.15) is 61.5 Å². The van der Waals surface area contributed by atoms with Crippen molar-refractivity contribution in [1.82, 2.24) is 10.6 Å². The molecule has 2 aromatic rings. The molecule has 2 amide bonds. The highest BCUT2D eigenvalue weighted by Crippen LogP contribution is 2.18. The molecule has 28 heavy (non-hydrogen) atoms. The van der Waals surface area contributed by atoms with E-state index in [9.17, 15) is 9.59 Å². The Hall–Kier alpha value is -2.73. The highest BCUT2D eigenvalue weighted by molar-refractivity contribution is 7.80. The number of unbranched alkanes of at least 4 members (excludes halogenated alkanes) is 2. The lowest BCUT2D eigenvalue weighted by Crippen LogP contribution is -2.35. The Labute approximate surface area is 171 Å². The molecule has 6 heteroatoms. The Balaban J connectivity index is 1.99. The number of anilines is 1. The van der Waals surface area contributed by atoms with Gasteiger partial charge in [0.15, 0.2) is 5.11 Å². The third kappa shape index (κ3) is 6.78. The van der Waals surface area contributed by atoms with Crippen molar-refractivity contribution in [2.24, 2.45) is 0 Å². The fourth-order valence-corrected chi connectivity index (χ4v) is 2.99. The smallest absolute Gasteiger partial charge is 0.253 e. The first kappa shape index (κ1) is 21.6. The van der Waals surface area contributed by atoms with Crippen LogP contribution in [0.25, 0.3) is 0 Å². The maximum absolute atomic E-state index is 12.7. The number of rotatable bonds is 8. The fourth-order valence-electron chi connectivity index (χ4n) is 2.77. The second kappa shape index (κ2) is 11.2. The number of carbonyl (C=O) groups excluding carboxylic acids is 2. The molecule has 0 unspecified atom stereocenters. The monoisotopic (exact) mass is 397 g/mol. The topological polar surface area (TPSA) is 70.2 Å². The van der Waals surface area contributed by atoms with Gasteiger partial charge in [0.2, 0.25) is 5.91 Å². The molecule has 0 aromatic heterocycles. The van der Waals surface area contributed by atoms with Crippen molar-refractivity contribution in [3.05, 3.63) is 65.7 Å². The predicted octanol–water partition coefficient (Wildman–Crippen LogP) is 4.57. The number of hydrogen-bond donors (Lipinski definition) is 3. The molecule has 0 saturated carbocycles. The Bertz CT molecular complexity index is 808. The van der Waals surface area contributed by atoms with E-state index < -0.39 is 0 Å². The minimum absolute atomic E-state index is 0.120. The zero-order chi connectivity index (χ0) is 20.4. The highest BCUT2D eigenvalue weighted by Gasteiger charge is 2.15. The SMILES string of the molecule is CCCCCC(=O)NC(=S)Nc1ccccc1C(=O)N[C@H](C)c1ccccc1. The third-order valence-electron chi connectivity index (χ3n) is 4.33. The highest BCUT2D eigenvalue weighted by atomic mass is 32.1. The standard InChI is InChI=1S/C22H27N3O2S/c1-3-4-6-15-20(26)25-22(28)24-19-14-10-9-13-18(19)21(27)23-16(2)17-11-7-5-8-12-17/h5,7-14,16H,3-4,6,15H2,1-2H3,(H,23,27)(H2,24,25,26,28)/t16-/m1/s1. The second-order valence-electron chi connectivity index (χ2n) is 6.61. The van der Waals surface area contributed by atoms with Gasteiger partial charge in [-0.2, -0.15) is 0 Å². The molecule has 3 N–H and O–H groups in total. The van der Waals surface area contributed by atoms with Crippen LogP contribution in [-0.2, 0) is 4.79 Å². The van der Waals surface area contributed by atoms with Crippen LogP contribution in [0, 0.1) is 0 Å². The molecule has 2 rings (SSSR count). The van der Waals surface area contributed by atoms with Gasteiger partial charge in [-0.15, -0.1) is 0 Å². The van der Waals surface area contributed by atoms with Gasteiger partial charge in [0.25, 0.3) is 5.91 Å². The number of thiocarbonyl (C=S) groups is 1. The number of hydrogen-bond acceptors (Lipinski definition) is 3. The average molecular weight is 398 g/mol. The maximum atomic E-state index is 12.7. The minimum atomic E-state index is -0.212. The van der Waals surface area contributed by atoms with Crippen LogP contribution in [0.3, 0.4) is 0 Å². The molecule has 0 radical (unpaired) electrons. The first-order chi connectivity index (χ1) is 13.5. The zero-order valence-electron chi connectivity index (χ0n) is 16.3. The number of amides is 2. The largest absolute Gasteiger partial charge is 0.345 e. The normalized spacial score (nSPS) is 11.4. The molecular weight excluding hydrogens is 370 g/mol. The fraction of sp³-hybridized carbons (Fsp3) is 0.318.